The van der Waals surface area contributed by atoms with Crippen molar-refractivity contribution in [2.75, 3.05) is 30.3 Å². The highest BCUT2D eigenvalue weighted by Gasteiger charge is 2.16. The Labute approximate surface area is 166 Å². The predicted molar refractivity (Wildman–Crippen MR) is 109 cm³/mol. The zero-order chi connectivity index (χ0) is 19.1. The predicted octanol–water partition coefficient (Wildman–Crippen LogP) is 3.41. The number of benzene rings is 2. The molecule has 0 bridgehead atoms. The van der Waals surface area contributed by atoms with Crippen molar-refractivity contribution in [3.05, 3.63) is 58.6 Å². The van der Waals surface area contributed by atoms with Gasteiger partial charge in [0.2, 0.25) is 5.91 Å². The lowest BCUT2D eigenvalue weighted by molar-refractivity contribution is -0.114. The van der Waals surface area contributed by atoms with E-state index in [0.717, 1.165) is 35.3 Å². The summed E-state index contributed by atoms with van der Waals surface area (Å²) in [5, 5.41) is 8.75. The number of anilines is 2. The van der Waals surface area contributed by atoms with E-state index in [9.17, 15) is 9.59 Å². The van der Waals surface area contributed by atoms with Gasteiger partial charge >= 0.3 is 0 Å². The van der Waals surface area contributed by atoms with E-state index < -0.39 is 0 Å². The van der Waals surface area contributed by atoms with Gasteiger partial charge in [-0.05, 0) is 61.4 Å². The van der Waals surface area contributed by atoms with Crippen LogP contribution in [0.2, 0.25) is 0 Å². The molecule has 3 rings (SSSR count). The molecule has 7 heteroatoms. The maximum absolute atomic E-state index is 12.2. The molecule has 1 unspecified atom stereocenters. The Bertz CT molecular complexity index is 772. The highest BCUT2D eigenvalue weighted by atomic mass is 79.9. The van der Waals surface area contributed by atoms with E-state index in [0.29, 0.717) is 12.1 Å². The molecule has 1 fully saturated rings. The van der Waals surface area contributed by atoms with Gasteiger partial charge in [-0.1, -0.05) is 15.9 Å². The summed E-state index contributed by atoms with van der Waals surface area (Å²) in [5.41, 5.74) is 2.10. The Morgan fingerprint density at radius 3 is 2.41 bits per heavy atom. The standard InChI is InChI=1S/C20H22BrN3O3/c21-15-5-9-17(10-6-15)24-19(25)13-22-16-7-3-14(4-8-16)20(26)23-12-18-2-1-11-27-18/h3-10,18,22H,1-2,11-13H2,(H,23,26)(H,24,25). The van der Waals surface area contributed by atoms with Crippen LogP contribution in [0.4, 0.5) is 11.4 Å². The normalized spacial score (nSPS) is 16.0. The number of halogens is 1. The van der Waals surface area contributed by atoms with Gasteiger partial charge in [0.1, 0.15) is 0 Å². The van der Waals surface area contributed by atoms with E-state index in [1.54, 1.807) is 24.3 Å². The molecule has 0 spiro atoms. The third-order valence-corrected chi connectivity index (χ3v) is 4.77. The smallest absolute Gasteiger partial charge is 0.251 e. The summed E-state index contributed by atoms with van der Waals surface area (Å²) in [5.74, 6) is -0.263. The van der Waals surface area contributed by atoms with Crippen LogP contribution in [0.3, 0.4) is 0 Å². The van der Waals surface area contributed by atoms with Crippen molar-refractivity contribution in [2.24, 2.45) is 0 Å². The van der Waals surface area contributed by atoms with Gasteiger partial charge in [-0.2, -0.15) is 0 Å². The molecule has 0 radical (unpaired) electrons. The van der Waals surface area contributed by atoms with Crippen LogP contribution in [0.1, 0.15) is 23.2 Å². The van der Waals surface area contributed by atoms with Gasteiger partial charge in [0.05, 0.1) is 12.6 Å². The summed E-state index contributed by atoms with van der Waals surface area (Å²) >= 11 is 3.36. The van der Waals surface area contributed by atoms with Gasteiger partial charge in [-0.15, -0.1) is 0 Å². The molecule has 6 nitrogen and oxygen atoms in total. The minimum absolute atomic E-state index is 0.120. The molecule has 0 aliphatic carbocycles. The first kappa shape index (κ1) is 19.4. The average Bonchev–Trinajstić information content (AvgIpc) is 3.20. The fourth-order valence-corrected chi connectivity index (χ4v) is 3.04. The number of carbonyl (C=O) groups excluding carboxylic acids is 2. The third kappa shape index (κ3) is 6.08. The molecular formula is C20H22BrN3O3. The topological polar surface area (TPSA) is 79.5 Å². The highest BCUT2D eigenvalue weighted by Crippen LogP contribution is 2.15. The van der Waals surface area contributed by atoms with Gasteiger partial charge in [-0.25, -0.2) is 0 Å². The lowest BCUT2D eigenvalue weighted by atomic mass is 10.2. The molecule has 27 heavy (non-hydrogen) atoms. The molecule has 0 saturated carbocycles. The molecule has 1 heterocycles. The molecular weight excluding hydrogens is 410 g/mol. The third-order valence-electron chi connectivity index (χ3n) is 4.24. The molecule has 2 aromatic carbocycles. The highest BCUT2D eigenvalue weighted by molar-refractivity contribution is 9.10. The van der Waals surface area contributed by atoms with Gasteiger partial charge in [-0.3, -0.25) is 9.59 Å². The van der Waals surface area contributed by atoms with Crippen LogP contribution in [0.5, 0.6) is 0 Å². The summed E-state index contributed by atoms with van der Waals surface area (Å²) in [6, 6.07) is 14.4. The van der Waals surface area contributed by atoms with Gasteiger partial charge in [0.25, 0.3) is 5.91 Å². The molecule has 1 saturated heterocycles. The first-order chi connectivity index (χ1) is 13.1. The number of hydrogen-bond donors (Lipinski definition) is 3. The van der Waals surface area contributed by atoms with Crippen LogP contribution in [-0.2, 0) is 9.53 Å². The van der Waals surface area contributed by atoms with E-state index in [1.807, 2.05) is 24.3 Å². The first-order valence-corrected chi connectivity index (χ1v) is 9.68. The van der Waals surface area contributed by atoms with E-state index in [-0.39, 0.29) is 24.5 Å². The Kier molecular flexibility index (Phi) is 6.84. The molecule has 142 valence electrons. The summed E-state index contributed by atoms with van der Waals surface area (Å²) in [7, 11) is 0. The number of hydrogen-bond acceptors (Lipinski definition) is 4. The van der Waals surface area contributed by atoms with Crippen molar-refractivity contribution in [1.29, 1.82) is 0 Å². The molecule has 1 aliphatic heterocycles. The van der Waals surface area contributed by atoms with Gasteiger partial charge in [0, 0.05) is 34.6 Å². The lowest BCUT2D eigenvalue weighted by Crippen LogP contribution is -2.31. The maximum Gasteiger partial charge on any atom is 0.251 e. The van der Waals surface area contributed by atoms with Gasteiger partial charge in [0.15, 0.2) is 0 Å². The minimum atomic E-state index is -0.143. The molecule has 1 atom stereocenters. The van der Waals surface area contributed by atoms with Gasteiger partial charge < -0.3 is 20.7 Å². The Hall–Kier alpha value is -2.38. The summed E-state index contributed by atoms with van der Waals surface area (Å²) in [4.78, 5) is 24.1. The lowest BCUT2D eigenvalue weighted by Gasteiger charge is -2.11. The monoisotopic (exact) mass is 431 g/mol. The molecule has 2 amide bonds. The maximum atomic E-state index is 12.2. The van der Waals surface area contributed by atoms with E-state index >= 15 is 0 Å². The van der Waals surface area contributed by atoms with Crippen molar-refractivity contribution in [3.63, 3.8) is 0 Å². The number of nitrogens with one attached hydrogen (secondary N) is 3. The number of rotatable bonds is 7. The summed E-state index contributed by atoms with van der Waals surface area (Å²) in [6.07, 6.45) is 2.17. The molecule has 1 aliphatic rings. The van der Waals surface area contributed by atoms with Crippen LogP contribution < -0.4 is 16.0 Å². The summed E-state index contributed by atoms with van der Waals surface area (Å²) < 4.78 is 6.45. The van der Waals surface area contributed by atoms with E-state index in [4.69, 9.17) is 4.74 Å². The molecule has 3 N–H and O–H groups in total. The average molecular weight is 432 g/mol. The van der Waals surface area contributed by atoms with Crippen molar-refractivity contribution < 1.29 is 14.3 Å². The minimum Gasteiger partial charge on any atom is -0.376 e. The second kappa shape index (κ2) is 9.53. The number of amides is 2. The second-order valence-corrected chi connectivity index (χ2v) is 7.25. The molecule has 0 aromatic heterocycles. The van der Waals surface area contributed by atoms with Crippen LogP contribution >= 0.6 is 15.9 Å². The molecule has 2 aromatic rings. The quantitative estimate of drug-likeness (QED) is 0.627. The Morgan fingerprint density at radius 2 is 1.74 bits per heavy atom. The van der Waals surface area contributed by atoms with E-state index in [1.165, 1.54) is 0 Å². The van der Waals surface area contributed by atoms with Crippen molar-refractivity contribution in [1.82, 2.24) is 5.32 Å². The SMILES string of the molecule is O=C(CNc1ccc(C(=O)NCC2CCCO2)cc1)Nc1ccc(Br)cc1. The van der Waals surface area contributed by atoms with Crippen LogP contribution in [0.15, 0.2) is 53.0 Å². The summed E-state index contributed by atoms with van der Waals surface area (Å²) in [6.45, 7) is 1.45. The van der Waals surface area contributed by atoms with E-state index in [2.05, 4.69) is 31.9 Å². The fourth-order valence-electron chi connectivity index (χ4n) is 2.77. The largest absolute Gasteiger partial charge is 0.376 e. The zero-order valence-electron chi connectivity index (χ0n) is 14.8. The van der Waals surface area contributed by atoms with Crippen molar-refractivity contribution >= 4 is 39.1 Å². The zero-order valence-corrected chi connectivity index (χ0v) is 16.4. The Morgan fingerprint density at radius 1 is 1.04 bits per heavy atom. The van der Waals surface area contributed by atoms with Crippen LogP contribution in [0, 0.1) is 0 Å². The van der Waals surface area contributed by atoms with Crippen molar-refractivity contribution in [2.45, 2.75) is 18.9 Å². The Balaban J connectivity index is 1.43. The van der Waals surface area contributed by atoms with Crippen LogP contribution in [-0.4, -0.2) is 37.6 Å². The number of ether oxygens (including phenoxy) is 1. The fraction of sp³-hybridized carbons (Fsp3) is 0.300. The second-order valence-electron chi connectivity index (χ2n) is 6.33. The first-order valence-electron chi connectivity index (χ1n) is 8.89. The number of carbonyl (C=O) groups is 2. The van der Waals surface area contributed by atoms with Crippen molar-refractivity contribution in [3.8, 4) is 0 Å². The van der Waals surface area contributed by atoms with Crippen LogP contribution in [0.25, 0.3) is 0 Å².